The lowest BCUT2D eigenvalue weighted by Crippen LogP contribution is -2.72. The first kappa shape index (κ1) is 27.8. The van der Waals surface area contributed by atoms with E-state index >= 15 is 0 Å². The van der Waals surface area contributed by atoms with Crippen LogP contribution >= 0.6 is 0 Å². The van der Waals surface area contributed by atoms with Gasteiger partial charge in [-0.2, -0.15) is 0 Å². The van der Waals surface area contributed by atoms with Crippen LogP contribution in [-0.2, 0) is 4.79 Å². The Hall–Kier alpha value is -0.730. The molecular weight excluding hydrogens is 472 g/mol. The molecule has 0 amide bonds. The van der Waals surface area contributed by atoms with Crippen molar-refractivity contribution < 1.29 is 35.4 Å². The number of carbonyl (C=O) groups is 1. The van der Waals surface area contributed by atoms with E-state index < -0.39 is 40.5 Å². The Morgan fingerprint density at radius 1 is 0.757 bits per heavy atom. The van der Waals surface area contributed by atoms with Crippen molar-refractivity contribution >= 4 is 5.97 Å². The molecule has 0 saturated heterocycles. The summed E-state index contributed by atoms with van der Waals surface area (Å²) in [5, 5.41) is 65.2. The van der Waals surface area contributed by atoms with Gasteiger partial charge in [-0.3, -0.25) is 4.79 Å². The smallest absolute Gasteiger partial charge is 0.312 e. The van der Waals surface area contributed by atoms with Crippen LogP contribution in [0.4, 0.5) is 0 Å². The van der Waals surface area contributed by atoms with Gasteiger partial charge in [0.1, 0.15) is 0 Å². The second-order valence-corrected chi connectivity index (χ2v) is 15.5. The fraction of sp³-hybridized carbons (Fsp3) is 0.967. The molecule has 7 nitrogen and oxygen atoms in total. The van der Waals surface area contributed by atoms with E-state index in [1.807, 2.05) is 0 Å². The third kappa shape index (κ3) is 3.27. The standard InChI is InChI=1S/C30H50O7/c1-25(2)10-11-30(24(36)37)18(12-25)17-6-7-20-26(3)13-19(33)23(35)29(15-31,16-32)21(26)8-9-27(20,4)28(17,5)14-22(30)34/h17-23,31-35H,6-16H2,1-5H3,(H,36,37)/t17-,18-,19-,20+,21-,22-,23-,26+,27+,28+,30+/m0/s1. The minimum absolute atomic E-state index is 0.0362. The number of aliphatic hydroxyl groups excluding tert-OH is 5. The van der Waals surface area contributed by atoms with Gasteiger partial charge in [-0.05, 0) is 103 Å². The molecule has 0 bridgehead atoms. The average molecular weight is 523 g/mol. The summed E-state index contributed by atoms with van der Waals surface area (Å²) in [6, 6.07) is 0. The van der Waals surface area contributed by atoms with E-state index in [1.54, 1.807) is 0 Å². The largest absolute Gasteiger partial charge is 0.481 e. The molecule has 0 unspecified atom stereocenters. The van der Waals surface area contributed by atoms with Crippen molar-refractivity contribution in [2.75, 3.05) is 13.2 Å². The topological polar surface area (TPSA) is 138 Å². The molecule has 0 aromatic rings. The molecule has 37 heavy (non-hydrogen) atoms. The van der Waals surface area contributed by atoms with E-state index in [0.717, 1.165) is 32.1 Å². The van der Waals surface area contributed by atoms with Gasteiger partial charge >= 0.3 is 5.97 Å². The van der Waals surface area contributed by atoms with E-state index in [2.05, 4.69) is 34.6 Å². The van der Waals surface area contributed by atoms with Crippen molar-refractivity contribution in [1.82, 2.24) is 0 Å². The zero-order chi connectivity index (χ0) is 27.4. The van der Waals surface area contributed by atoms with Crippen molar-refractivity contribution in [3.63, 3.8) is 0 Å². The number of carboxylic acid groups (broad SMARTS) is 1. The van der Waals surface area contributed by atoms with Gasteiger partial charge in [-0.15, -0.1) is 0 Å². The van der Waals surface area contributed by atoms with Gasteiger partial charge in [-0.25, -0.2) is 0 Å². The van der Waals surface area contributed by atoms with E-state index in [4.69, 9.17) is 0 Å². The number of fused-ring (bicyclic) bond motifs is 7. The molecule has 7 heteroatoms. The van der Waals surface area contributed by atoms with Crippen LogP contribution in [0, 0.1) is 56.2 Å². The van der Waals surface area contributed by atoms with Gasteiger partial charge in [0.15, 0.2) is 0 Å². The highest BCUT2D eigenvalue weighted by Gasteiger charge is 2.74. The van der Waals surface area contributed by atoms with Crippen LogP contribution in [0.3, 0.4) is 0 Å². The normalized spacial score (nSPS) is 54.3. The molecule has 11 atom stereocenters. The summed E-state index contributed by atoms with van der Waals surface area (Å²) in [6.07, 6.45) is 3.23. The highest BCUT2D eigenvalue weighted by atomic mass is 16.4. The summed E-state index contributed by atoms with van der Waals surface area (Å²) >= 11 is 0. The fourth-order valence-electron chi connectivity index (χ4n) is 11.7. The first-order chi connectivity index (χ1) is 17.1. The van der Waals surface area contributed by atoms with Crippen molar-refractivity contribution in [1.29, 1.82) is 0 Å². The summed E-state index contributed by atoms with van der Waals surface area (Å²) in [6.45, 7) is 10.5. The van der Waals surface area contributed by atoms with Crippen LogP contribution in [-0.4, -0.2) is 68.1 Å². The van der Waals surface area contributed by atoms with Gasteiger partial charge in [0.2, 0.25) is 0 Å². The SMILES string of the molecule is CC1(C)CC[C@]2(C(=O)O)[C@@H](O)C[C@]3(C)[C@@H](CC[C@@H]4[C@@]5(C)C[C@H](O)[C@H](O)C(CO)(CO)[C@H]5CC[C@]43C)[C@@H]2C1. The Kier molecular flexibility index (Phi) is 6.31. The molecule has 0 heterocycles. The highest BCUT2D eigenvalue weighted by Crippen LogP contribution is 2.77. The molecule has 5 aliphatic rings. The number of hydrogen-bond donors (Lipinski definition) is 6. The summed E-state index contributed by atoms with van der Waals surface area (Å²) in [7, 11) is 0. The monoisotopic (exact) mass is 522 g/mol. The quantitative estimate of drug-likeness (QED) is 0.335. The summed E-state index contributed by atoms with van der Waals surface area (Å²) in [5.74, 6) is -0.704. The van der Waals surface area contributed by atoms with Crippen LogP contribution in [0.1, 0.15) is 92.4 Å². The first-order valence-electron chi connectivity index (χ1n) is 14.6. The second kappa shape index (κ2) is 8.39. The Morgan fingerprint density at radius 2 is 1.41 bits per heavy atom. The molecule has 212 valence electrons. The number of aliphatic hydroxyl groups is 5. The van der Waals surface area contributed by atoms with Crippen molar-refractivity contribution in [3.05, 3.63) is 0 Å². The molecular formula is C30H50O7. The lowest BCUT2D eigenvalue weighted by Gasteiger charge is -2.74. The predicted molar refractivity (Wildman–Crippen MR) is 138 cm³/mol. The molecule has 5 saturated carbocycles. The average Bonchev–Trinajstić information content (AvgIpc) is 2.80. The number of carboxylic acids is 1. The molecule has 0 aliphatic heterocycles. The molecule has 0 radical (unpaired) electrons. The maximum Gasteiger partial charge on any atom is 0.312 e. The Balaban J connectivity index is 1.59. The van der Waals surface area contributed by atoms with Crippen molar-refractivity contribution in [2.24, 2.45) is 56.2 Å². The Morgan fingerprint density at radius 3 is 2.00 bits per heavy atom. The van der Waals surface area contributed by atoms with Crippen molar-refractivity contribution in [2.45, 2.75) is 111 Å². The molecule has 5 aliphatic carbocycles. The zero-order valence-corrected chi connectivity index (χ0v) is 23.4. The van der Waals surface area contributed by atoms with Crippen LogP contribution in [0.5, 0.6) is 0 Å². The molecule has 5 rings (SSSR count). The van der Waals surface area contributed by atoms with Gasteiger partial charge in [0.25, 0.3) is 0 Å². The minimum Gasteiger partial charge on any atom is -0.481 e. The van der Waals surface area contributed by atoms with Gasteiger partial charge in [0, 0.05) is 5.41 Å². The molecule has 0 aromatic carbocycles. The van der Waals surface area contributed by atoms with Crippen molar-refractivity contribution in [3.8, 4) is 0 Å². The third-order valence-electron chi connectivity index (χ3n) is 13.8. The predicted octanol–water partition coefficient (Wildman–Crippen LogP) is 3.20. The van der Waals surface area contributed by atoms with Crippen LogP contribution in [0.2, 0.25) is 0 Å². The van der Waals surface area contributed by atoms with Crippen LogP contribution < -0.4 is 0 Å². The Bertz CT molecular complexity index is 931. The van der Waals surface area contributed by atoms with E-state index in [0.29, 0.717) is 25.7 Å². The third-order valence-corrected chi connectivity index (χ3v) is 13.8. The van der Waals surface area contributed by atoms with Crippen LogP contribution in [0.15, 0.2) is 0 Å². The zero-order valence-electron chi connectivity index (χ0n) is 23.4. The van der Waals surface area contributed by atoms with Gasteiger partial charge in [0.05, 0.1) is 36.9 Å². The van der Waals surface area contributed by atoms with Crippen LogP contribution in [0.25, 0.3) is 0 Å². The molecule has 6 N–H and O–H groups in total. The number of rotatable bonds is 3. The molecule has 0 spiro atoms. The minimum atomic E-state index is -1.17. The van der Waals surface area contributed by atoms with E-state index in [-0.39, 0.29) is 53.1 Å². The second-order valence-electron chi connectivity index (χ2n) is 15.5. The first-order valence-corrected chi connectivity index (χ1v) is 14.6. The lowest BCUT2D eigenvalue weighted by molar-refractivity contribution is -0.292. The van der Waals surface area contributed by atoms with E-state index in [9.17, 15) is 35.4 Å². The molecule has 0 aromatic heterocycles. The fourth-order valence-corrected chi connectivity index (χ4v) is 11.7. The van der Waals surface area contributed by atoms with E-state index in [1.165, 1.54) is 0 Å². The lowest BCUT2D eigenvalue weighted by atomic mass is 9.31. The summed E-state index contributed by atoms with van der Waals surface area (Å²) in [5.41, 5.74) is -3.07. The maximum absolute atomic E-state index is 12.9. The van der Waals surface area contributed by atoms with Gasteiger partial charge < -0.3 is 30.6 Å². The number of aliphatic carboxylic acids is 1. The number of hydrogen-bond acceptors (Lipinski definition) is 6. The molecule has 5 fully saturated rings. The Labute approximate surface area is 221 Å². The van der Waals surface area contributed by atoms with Gasteiger partial charge in [-0.1, -0.05) is 34.6 Å². The highest BCUT2D eigenvalue weighted by molar-refractivity contribution is 5.76. The maximum atomic E-state index is 12.9. The summed E-state index contributed by atoms with van der Waals surface area (Å²) in [4.78, 5) is 12.9. The summed E-state index contributed by atoms with van der Waals surface area (Å²) < 4.78 is 0.